The van der Waals surface area contributed by atoms with Crippen molar-refractivity contribution in [2.24, 2.45) is 0 Å². The number of carbonyl (C=O) groups is 1. The molecule has 3 aromatic rings. The van der Waals surface area contributed by atoms with E-state index in [0.29, 0.717) is 21.9 Å². The first-order valence-electron chi connectivity index (χ1n) is 7.77. The smallest absolute Gasteiger partial charge is 0.307 e. The minimum Gasteiger partial charge on any atom is -0.307 e. The molecule has 1 aromatic carbocycles. The van der Waals surface area contributed by atoms with E-state index in [4.69, 9.17) is 11.6 Å². The molecule has 0 unspecified atom stereocenters. The van der Waals surface area contributed by atoms with Crippen molar-refractivity contribution in [3.63, 3.8) is 0 Å². The van der Waals surface area contributed by atoms with Crippen molar-refractivity contribution in [2.75, 3.05) is 5.32 Å². The predicted molar refractivity (Wildman–Crippen MR) is 103 cm³/mol. The van der Waals surface area contributed by atoms with Gasteiger partial charge in [0.25, 0.3) is 0 Å². The summed E-state index contributed by atoms with van der Waals surface area (Å²) >= 11 is 9.23. The number of anilines is 1. The normalized spacial score (nSPS) is 10.8. The number of aromatic nitrogens is 4. The number of aryl methyl sites for hydroxylation is 1. The van der Waals surface area contributed by atoms with Crippen LogP contribution < -0.4 is 5.32 Å². The molecule has 1 amide bonds. The molecule has 3 rings (SSSR count). The number of halogens is 2. The van der Waals surface area contributed by atoms with Crippen LogP contribution in [0.2, 0.25) is 5.02 Å². The van der Waals surface area contributed by atoms with Crippen LogP contribution in [0.5, 0.6) is 0 Å². The molecule has 0 spiro atoms. The van der Waals surface area contributed by atoms with Crippen LogP contribution in [0.25, 0.3) is 0 Å². The lowest BCUT2D eigenvalue weighted by Crippen LogP contribution is -2.19. The molecular weight excluding hydrogens is 440 g/mol. The zero-order valence-corrected chi connectivity index (χ0v) is 16.4. The lowest BCUT2D eigenvalue weighted by molar-refractivity contribution is -0.385. The summed E-state index contributed by atoms with van der Waals surface area (Å²) in [5.74, 6) is -0.0443. The molecule has 9 nitrogen and oxygen atoms in total. The number of amides is 1. The van der Waals surface area contributed by atoms with Crippen LogP contribution in [-0.2, 0) is 17.9 Å². The standard InChI is InChI=1S/C16H14BrClN6O3/c1-10-14(24(26)27)8-23(20-10)9-15(25)19-16-13(17)7-22(21-16)6-11-2-4-12(18)5-3-11/h2-5,7-8H,6,9H2,1H3,(H,19,21,25). The number of nitrogens with one attached hydrogen (secondary N) is 1. The Morgan fingerprint density at radius 2 is 1.96 bits per heavy atom. The lowest BCUT2D eigenvalue weighted by Gasteiger charge is -2.03. The van der Waals surface area contributed by atoms with E-state index in [1.165, 1.54) is 17.8 Å². The maximum Gasteiger partial charge on any atom is 0.309 e. The molecule has 0 aliphatic heterocycles. The third kappa shape index (κ3) is 4.72. The summed E-state index contributed by atoms with van der Waals surface area (Å²) in [6, 6.07) is 7.37. The quantitative estimate of drug-likeness (QED) is 0.454. The summed E-state index contributed by atoms with van der Waals surface area (Å²) < 4.78 is 3.51. The lowest BCUT2D eigenvalue weighted by atomic mass is 10.2. The van der Waals surface area contributed by atoms with Crippen molar-refractivity contribution >= 4 is 44.9 Å². The highest BCUT2D eigenvalue weighted by molar-refractivity contribution is 9.10. The number of benzene rings is 1. The fraction of sp³-hybridized carbons (Fsp3) is 0.188. The molecule has 140 valence electrons. The summed E-state index contributed by atoms with van der Waals surface area (Å²) in [5.41, 5.74) is 1.13. The maximum absolute atomic E-state index is 12.2. The Bertz CT molecular complexity index is 998. The Labute approximate surface area is 167 Å². The molecule has 0 fully saturated rings. The number of hydrogen-bond acceptors (Lipinski definition) is 5. The van der Waals surface area contributed by atoms with Gasteiger partial charge >= 0.3 is 5.69 Å². The predicted octanol–water partition coefficient (Wildman–Crippen LogP) is 3.40. The Morgan fingerprint density at radius 3 is 2.59 bits per heavy atom. The van der Waals surface area contributed by atoms with Crippen LogP contribution in [0.15, 0.2) is 41.1 Å². The van der Waals surface area contributed by atoms with Gasteiger partial charge in [-0.2, -0.15) is 10.2 Å². The fourth-order valence-electron chi connectivity index (χ4n) is 2.43. The Kier molecular flexibility index (Phi) is 5.57. The largest absolute Gasteiger partial charge is 0.309 e. The molecule has 2 heterocycles. The van der Waals surface area contributed by atoms with Crippen LogP contribution in [0.1, 0.15) is 11.3 Å². The van der Waals surface area contributed by atoms with Gasteiger partial charge in [0.2, 0.25) is 5.91 Å². The maximum atomic E-state index is 12.2. The van der Waals surface area contributed by atoms with Gasteiger partial charge in [-0.05, 0) is 40.5 Å². The Hall–Kier alpha value is -2.72. The van der Waals surface area contributed by atoms with E-state index in [1.54, 1.807) is 23.0 Å². The molecule has 2 aromatic heterocycles. The molecule has 0 saturated heterocycles. The minimum atomic E-state index is -0.536. The molecule has 0 aliphatic rings. The minimum absolute atomic E-state index is 0.128. The number of rotatable bonds is 6. The van der Waals surface area contributed by atoms with E-state index in [1.807, 2.05) is 12.1 Å². The molecule has 11 heteroatoms. The van der Waals surface area contributed by atoms with Crippen LogP contribution in [0.4, 0.5) is 11.5 Å². The van der Waals surface area contributed by atoms with Gasteiger partial charge in [-0.15, -0.1) is 0 Å². The fourth-order valence-corrected chi connectivity index (χ4v) is 2.97. The van der Waals surface area contributed by atoms with Gasteiger partial charge in [0.15, 0.2) is 5.82 Å². The third-order valence-corrected chi connectivity index (χ3v) is 4.49. The second kappa shape index (κ2) is 7.89. The first-order chi connectivity index (χ1) is 12.8. The highest BCUT2D eigenvalue weighted by Gasteiger charge is 2.17. The topological polar surface area (TPSA) is 108 Å². The molecule has 0 bridgehead atoms. The van der Waals surface area contributed by atoms with Gasteiger partial charge in [0.05, 0.1) is 15.9 Å². The van der Waals surface area contributed by atoms with Crippen molar-refractivity contribution in [3.8, 4) is 0 Å². The number of carbonyl (C=O) groups excluding carboxylic acids is 1. The van der Waals surface area contributed by atoms with E-state index in [0.717, 1.165) is 5.56 Å². The summed E-state index contributed by atoms with van der Waals surface area (Å²) in [4.78, 5) is 22.5. The van der Waals surface area contributed by atoms with Gasteiger partial charge in [-0.3, -0.25) is 24.3 Å². The highest BCUT2D eigenvalue weighted by Crippen LogP contribution is 2.21. The zero-order chi connectivity index (χ0) is 19.6. The zero-order valence-electron chi connectivity index (χ0n) is 14.1. The van der Waals surface area contributed by atoms with Gasteiger partial charge in [-0.25, -0.2) is 0 Å². The Morgan fingerprint density at radius 1 is 1.26 bits per heavy atom. The highest BCUT2D eigenvalue weighted by atomic mass is 79.9. The van der Waals surface area contributed by atoms with Crippen molar-refractivity contribution in [1.82, 2.24) is 19.6 Å². The van der Waals surface area contributed by atoms with E-state index in [-0.39, 0.29) is 17.9 Å². The van der Waals surface area contributed by atoms with Gasteiger partial charge in [-0.1, -0.05) is 23.7 Å². The SMILES string of the molecule is Cc1nn(CC(=O)Nc2nn(Cc3ccc(Cl)cc3)cc2Br)cc1[N+](=O)[O-]. The molecule has 0 radical (unpaired) electrons. The molecule has 27 heavy (non-hydrogen) atoms. The average Bonchev–Trinajstić information content (AvgIpc) is 3.12. The number of nitro groups is 1. The van der Waals surface area contributed by atoms with Gasteiger partial charge in [0.1, 0.15) is 18.4 Å². The van der Waals surface area contributed by atoms with Crippen LogP contribution in [0, 0.1) is 17.0 Å². The second-order valence-corrected chi connectivity index (χ2v) is 7.04. The third-order valence-electron chi connectivity index (χ3n) is 3.66. The van der Waals surface area contributed by atoms with E-state index in [2.05, 4.69) is 31.4 Å². The van der Waals surface area contributed by atoms with E-state index < -0.39 is 10.8 Å². The molecule has 1 N–H and O–H groups in total. The van der Waals surface area contributed by atoms with E-state index >= 15 is 0 Å². The number of hydrogen-bond donors (Lipinski definition) is 1. The average molecular weight is 454 g/mol. The monoisotopic (exact) mass is 452 g/mol. The Balaban J connectivity index is 1.66. The first-order valence-corrected chi connectivity index (χ1v) is 8.94. The summed E-state index contributed by atoms with van der Waals surface area (Å²) in [6.07, 6.45) is 2.97. The molecule has 0 saturated carbocycles. The van der Waals surface area contributed by atoms with Gasteiger partial charge in [0, 0.05) is 11.2 Å². The van der Waals surface area contributed by atoms with Crippen molar-refractivity contribution in [3.05, 3.63) is 67.5 Å². The van der Waals surface area contributed by atoms with Crippen molar-refractivity contribution in [1.29, 1.82) is 0 Å². The summed E-state index contributed by atoms with van der Waals surface area (Å²) in [5, 5.41) is 22.5. The van der Waals surface area contributed by atoms with Crippen LogP contribution in [0.3, 0.4) is 0 Å². The van der Waals surface area contributed by atoms with Crippen molar-refractivity contribution < 1.29 is 9.72 Å². The molecular formula is C16H14BrClN6O3. The van der Waals surface area contributed by atoms with Crippen LogP contribution >= 0.6 is 27.5 Å². The summed E-state index contributed by atoms with van der Waals surface area (Å²) in [7, 11) is 0. The van der Waals surface area contributed by atoms with Gasteiger partial charge < -0.3 is 5.32 Å². The summed E-state index contributed by atoms with van der Waals surface area (Å²) in [6.45, 7) is 1.86. The first kappa shape index (κ1) is 19.1. The van der Waals surface area contributed by atoms with E-state index in [9.17, 15) is 14.9 Å². The van der Waals surface area contributed by atoms with Crippen LogP contribution in [-0.4, -0.2) is 30.4 Å². The number of nitrogens with zero attached hydrogens (tertiary/aromatic N) is 5. The second-order valence-electron chi connectivity index (χ2n) is 5.75. The molecule has 0 atom stereocenters. The molecule has 0 aliphatic carbocycles. The van der Waals surface area contributed by atoms with Crippen molar-refractivity contribution in [2.45, 2.75) is 20.0 Å².